The molecule has 0 saturated carbocycles. The molecular weight excluding hydrogens is 352 g/mol. The van der Waals surface area contributed by atoms with Gasteiger partial charge in [-0.25, -0.2) is 0 Å². The van der Waals surface area contributed by atoms with Crippen LogP contribution in [-0.4, -0.2) is 42.0 Å². The zero-order chi connectivity index (χ0) is 19.7. The minimum atomic E-state index is -1.15. The summed E-state index contributed by atoms with van der Waals surface area (Å²) in [7, 11) is 2.91. The predicted octanol–water partition coefficient (Wildman–Crippen LogP) is 2.10. The molecule has 0 spiro atoms. The smallest absolute Gasteiger partial charge is 0.305 e. The summed E-state index contributed by atoms with van der Waals surface area (Å²) in [6.45, 7) is 0. The summed E-state index contributed by atoms with van der Waals surface area (Å²) >= 11 is 0. The van der Waals surface area contributed by atoms with Crippen molar-refractivity contribution in [2.45, 2.75) is 12.5 Å². The fraction of sp³-hybridized carbons (Fsp3) is 0.211. The summed E-state index contributed by atoms with van der Waals surface area (Å²) < 4.78 is 10.4. The number of amides is 2. The van der Waals surface area contributed by atoms with E-state index in [1.54, 1.807) is 24.3 Å². The van der Waals surface area contributed by atoms with Gasteiger partial charge in [-0.15, -0.1) is 0 Å². The first-order chi connectivity index (χ1) is 12.9. The summed E-state index contributed by atoms with van der Waals surface area (Å²) in [5.41, 5.74) is 6.73. The lowest BCUT2D eigenvalue weighted by Gasteiger charge is -2.26. The third kappa shape index (κ3) is 3.05. The Kier molecular flexibility index (Phi) is 4.72. The van der Waals surface area contributed by atoms with E-state index < -0.39 is 30.2 Å². The number of carboxylic acids is 1. The second kappa shape index (κ2) is 6.99. The Bertz CT molecular complexity index is 940. The molecule has 0 radical (unpaired) electrons. The lowest BCUT2D eigenvalue weighted by molar-refractivity contribution is -0.138. The molecule has 0 aromatic heterocycles. The number of nitrogen functional groups attached to an aromatic ring is 1. The van der Waals surface area contributed by atoms with Gasteiger partial charge in [0.15, 0.2) is 11.5 Å². The molecule has 3 rings (SSSR count). The number of hydrogen-bond donors (Lipinski definition) is 2. The Morgan fingerprint density at radius 2 is 1.81 bits per heavy atom. The highest BCUT2D eigenvalue weighted by Gasteiger charge is 2.42. The first-order valence-corrected chi connectivity index (χ1v) is 8.09. The molecule has 0 fully saturated rings. The molecule has 8 heteroatoms. The summed E-state index contributed by atoms with van der Waals surface area (Å²) in [6.07, 6.45) is -0.457. The molecule has 1 aliphatic heterocycles. The summed E-state index contributed by atoms with van der Waals surface area (Å²) in [4.78, 5) is 38.1. The maximum absolute atomic E-state index is 12.9. The van der Waals surface area contributed by atoms with Crippen LogP contribution in [0.5, 0.6) is 11.5 Å². The summed E-state index contributed by atoms with van der Waals surface area (Å²) in [6, 6.07) is 8.32. The molecule has 140 valence electrons. The number of benzene rings is 2. The van der Waals surface area contributed by atoms with Crippen molar-refractivity contribution >= 4 is 23.5 Å². The molecule has 1 atom stereocenters. The molecule has 2 amide bonds. The lowest BCUT2D eigenvalue weighted by atomic mass is 10.0. The van der Waals surface area contributed by atoms with E-state index in [1.807, 2.05) is 0 Å². The van der Waals surface area contributed by atoms with Gasteiger partial charge >= 0.3 is 5.97 Å². The van der Waals surface area contributed by atoms with E-state index in [2.05, 4.69) is 0 Å². The maximum Gasteiger partial charge on any atom is 0.305 e. The second-order valence-electron chi connectivity index (χ2n) is 5.98. The van der Waals surface area contributed by atoms with Crippen LogP contribution < -0.4 is 15.2 Å². The zero-order valence-electron chi connectivity index (χ0n) is 14.8. The average molecular weight is 370 g/mol. The van der Waals surface area contributed by atoms with Gasteiger partial charge in [0, 0.05) is 5.69 Å². The predicted molar refractivity (Wildman–Crippen MR) is 95.9 cm³/mol. The normalized spacial score (nSPS) is 14.1. The molecule has 27 heavy (non-hydrogen) atoms. The Morgan fingerprint density at radius 3 is 2.41 bits per heavy atom. The molecule has 0 bridgehead atoms. The van der Waals surface area contributed by atoms with E-state index in [0.717, 1.165) is 4.90 Å². The number of fused-ring (bicyclic) bond motifs is 1. The number of aliphatic carboxylic acids is 1. The molecule has 1 aliphatic rings. The van der Waals surface area contributed by atoms with Crippen molar-refractivity contribution in [2.75, 3.05) is 20.0 Å². The Hall–Kier alpha value is -3.55. The highest BCUT2D eigenvalue weighted by atomic mass is 16.5. The van der Waals surface area contributed by atoms with Crippen molar-refractivity contribution in [3.05, 3.63) is 53.1 Å². The molecule has 3 N–H and O–H groups in total. The van der Waals surface area contributed by atoms with Crippen LogP contribution in [0.15, 0.2) is 36.4 Å². The Balaban J connectivity index is 2.10. The quantitative estimate of drug-likeness (QED) is 0.590. The first-order valence-electron chi connectivity index (χ1n) is 8.09. The maximum atomic E-state index is 12.9. The number of hydrogen-bond acceptors (Lipinski definition) is 6. The van der Waals surface area contributed by atoms with Crippen LogP contribution in [0, 0.1) is 0 Å². The molecule has 0 saturated heterocycles. The molecule has 2 aromatic carbocycles. The van der Waals surface area contributed by atoms with E-state index in [1.165, 1.54) is 26.4 Å². The van der Waals surface area contributed by atoms with Gasteiger partial charge in [0.2, 0.25) is 0 Å². The molecular formula is C19H18N2O6. The average Bonchev–Trinajstić information content (AvgIpc) is 2.90. The van der Waals surface area contributed by atoms with Gasteiger partial charge in [-0.1, -0.05) is 12.1 Å². The van der Waals surface area contributed by atoms with E-state index in [4.69, 9.17) is 15.2 Å². The van der Waals surface area contributed by atoms with Crippen molar-refractivity contribution in [3.8, 4) is 11.5 Å². The van der Waals surface area contributed by atoms with Crippen molar-refractivity contribution in [1.82, 2.24) is 4.90 Å². The third-order valence-electron chi connectivity index (χ3n) is 4.45. The monoisotopic (exact) mass is 370 g/mol. The van der Waals surface area contributed by atoms with Crippen molar-refractivity contribution in [2.24, 2.45) is 0 Å². The van der Waals surface area contributed by atoms with E-state index >= 15 is 0 Å². The van der Waals surface area contributed by atoms with Gasteiger partial charge in [-0.2, -0.15) is 0 Å². The number of nitrogens with two attached hydrogens (primary N) is 1. The van der Waals surface area contributed by atoms with Gasteiger partial charge < -0.3 is 20.3 Å². The van der Waals surface area contributed by atoms with Gasteiger partial charge in [-0.3, -0.25) is 19.3 Å². The van der Waals surface area contributed by atoms with Crippen molar-refractivity contribution in [1.29, 1.82) is 0 Å². The van der Waals surface area contributed by atoms with Crippen LogP contribution in [0.1, 0.15) is 38.7 Å². The number of nitrogens with zero attached hydrogens (tertiary/aromatic N) is 1. The molecule has 2 aromatic rings. The van der Waals surface area contributed by atoms with Gasteiger partial charge in [0.1, 0.15) is 0 Å². The SMILES string of the molecule is COc1ccc(C(CC(=O)O)N2C(=O)c3cccc(N)c3C2=O)cc1OC. The number of carbonyl (C=O) groups is 3. The minimum absolute atomic E-state index is 0.0957. The number of anilines is 1. The van der Waals surface area contributed by atoms with Gasteiger partial charge in [-0.05, 0) is 29.8 Å². The standard InChI is InChI=1S/C19H18N2O6/c1-26-14-7-6-10(8-15(14)27-2)13(9-16(22)23)21-18(24)11-4-3-5-12(20)17(11)19(21)25/h3-8,13H,9,20H2,1-2H3,(H,22,23). The molecule has 8 nitrogen and oxygen atoms in total. The first kappa shape index (κ1) is 18.2. The number of carboxylic acid groups (broad SMARTS) is 1. The van der Waals surface area contributed by atoms with E-state index in [-0.39, 0.29) is 16.8 Å². The number of carbonyl (C=O) groups excluding carboxylic acids is 2. The Labute approximate surface area is 155 Å². The Morgan fingerprint density at radius 1 is 1.11 bits per heavy atom. The number of rotatable bonds is 6. The van der Waals surface area contributed by atoms with Gasteiger partial charge in [0.05, 0.1) is 37.8 Å². The largest absolute Gasteiger partial charge is 0.493 e. The number of ether oxygens (including phenoxy) is 2. The van der Waals surface area contributed by atoms with Crippen LogP contribution in [-0.2, 0) is 4.79 Å². The fourth-order valence-electron chi connectivity index (χ4n) is 3.20. The van der Waals surface area contributed by atoms with Crippen LogP contribution in [0.4, 0.5) is 5.69 Å². The second-order valence-corrected chi connectivity index (χ2v) is 5.98. The van der Waals surface area contributed by atoms with Crippen LogP contribution in [0.2, 0.25) is 0 Å². The lowest BCUT2D eigenvalue weighted by Crippen LogP contribution is -2.35. The zero-order valence-corrected chi connectivity index (χ0v) is 14.8. The fourth-order valence-corrected chi connectivity index (χ4v) is 3.20. The van der Waals surface area contributed by atoms with Crippen molar-refractivity contribution in [3.63, 3.8) is 0 Å². The van der Waals surface area contributed by atoms with E-state index in [0.29, 0.717) is 17.1 Å². The summed E-state index contributed by atoms with van der Waals surface area (Å²) in [5.74, 6) is -1.54. The highest BCUT2D eigenvalue weighted by molar-refractivity contribution is 6.23. The highest BCUT2D eigenvalue weighted by Crippen LogP contribution is 2.38. The number of methoxy groups -OCH3 is 2. The number of imide groups is 1. The third-order valence-corrected chi connectivity index (χ3v) is 4.45. The van der Waals surface area contributed by atoms with Crippen molar-refractivity contribution < 1.29 is 29.0 Å². The topological polar surface area (TPSA) is 119 Å². The van der Waals surface area contributed by atoms with Crippen LogP contribution >= 0.6 is 0 Å². The van der Waals surface area contributed by atoms with Gasteiger partial charge in [0.25, 0.3) is 11.8 Å². The minimum Gasteiger partial charge on any atom is -0.493 e. The molecule has 1 heterocycles. The van der Waals surface area contributed by atoms with Crippen LogP contribution in [0.3, 0.4) is 0 Å². The van der Waals surface area contributed by atoms with Crippen LogP contribution in [0.25, 0.3) is 0 Å². The molecule has 1 unspecified atom stereocenters. The summed E-state index contributed by atoms with van der Waals surface area (Å²) in [5, 5.41) is 9.35. The molecule has 0 aliphatic carbocycles. The van der Waals surface area contributed by atoms with E-state index in [9.17, 15) is 19.5 Å².